The summed E-state index contributed by atoms with van der Waals surface area (Å²) in [6.45, 7) is 8.45. The number of aryl methyl sites for hydroxylation is 1. The molecule has 0 spiro atoms. The number of rotatable bonds is 7. The second kappa shape index (κ2) is 8.54. The van der Waals surface area contributed by atoms with Crippen molar-refractivity contribution in [1.82, 2.24) is 9.97 Å². The minimum absolute atomic E-state index is 0.592. The maximum atomic E-state index is 4.67. The molecule has 0 aliphatic rings. The van der Waals surface area contributed by atoms with Crippen LogP contribution in [0.15, 0.2) is 60.8 Å². The Morgan fingerprint density at radius 2 is 1.67 bits per heavy atom. The van der Waals surface area contributed by atoms with E-state index in [9.17, 15) is 0 Å². The summed E-state index contributed by atoms with van der Waals surface area (Å²) >= 11 is 0. The molecule has 0 aliphatic heterocycles. The van der Waals surface area contributed by atoms with Gasteiger partial charge in [0.1, 0.15) is 5.82 Å². The molecule has 2 aromatic carbocycles. The summed E-state index contributed by atoms with van der Waals surface area (Å²) in [5.74, 6) is 1.44. The fourth-order valence-electron chi connectivity index (χ4n) is 3.07. The van der Waals surface area contributed by atoms with Crippen LogP contribution in [-0.2, 0) is 0 Å². The first kappa shape index (κ1) is 18.7. The Hall–Kier alpha value is -3.08. The molecule has 27 heavy (non-hydrogen) atoms. The molecule has 5 nitrogen and oxygen atoms in total. The molecule has 0 atom stereocenters. The van der Waals surface area contributed by atoms with Gasteiger partial charge >= 0.3 is 0 Å². The average molecular weight is 361 g/mol. The van der Waals surface area contributed by atoms with Gasteiger partial charge in [-0.25, -0.2) is 4.98 Å². The lowest BCUT2D eigenvalue weighted by molar-refractivity contribution is 0.866. The molecule has 140 valence electrons. The fraction of sp³-hybridized carbons (Fsp3) is 0.273. The molecule has 1 aromatic heterocycles. The molecule has 5 heteroatoms. The van der Waals surface area contributed by atoms with Gasteiger partial charge in [-0.1, -0.05) is 18.2 Å². The fourth-order valence-corrected chi connectivity index (χ4v) is 3.07. The number of benzene rings is 2. The molecule has 1 heterocycles. The standard InChI is InChI=1S/C22H27N5/c1-5-27(6-2)19-12-13-20(17(3)16-19)24-22-23-15-14-21(25-22)26(4)18-10-8-7-9-11-18/h7-16H,5-6H2,1-4H3,(H,23,24,25). The molecule has 0 fully saturated rings. The molecule has 0 bridgehead atoms. The van der Waals surface area contributed by atoms with Crippen molar-refractivity contribution in [2.24, 2.45) is 0 Å². The third kappa shape index (κ3) is 4.37. The van der Waals surface area contributed by atoms with E-state index in [0.717, 1.165) is 30.3 Å². The van der Waals surface area contributed by atoms with Gasteiger partial charge in [-0.05, 0) is 62.7 Å². The van der Waals surface area contributed by atoms with Crippen LogP contribution in [0.1, 0.15) is 19.4 Å². The van der Waals surface area contributed by atoms with Crippen molar-refractivity contribution in [3.63, 3.8) is 0 Å². The lowest BCUT2D eigenvalue weighted by Crippen LogP contribution is -2.21. The normalized spacial score (nSPS) is 10.5. The van der Waals surface area contributed by atoms with Crippen LogP contribution in [0.5, 0.6) is 0 Å². The Kier molecular flexibility index (Phi) is 5.91. The van der Waals surface area contributed by atoms with Gasteiger partial charge in [-0.3, -0.25) is 0 Å². The lowest BCUT2D eigenvalue weighted by Gasteiger charge is -2.22. The zero-order valence-electron chi connectivity index (χ0n) is 16.5. The largest absolute Gasteiger partial charge is 0.372 e. The molecule has 0 amide bonds. The first-order chi connectivity index (χ1) is 13.1. The number of aromatic nitrogens is 2. The first-order valence-electron chi connectivity index (χ1n) is 9.36. The molecule has 0 unspecified atom stereocenters. The monoisotopic (exact) mass is 361 g/mol. The van der Waals surface area contributed by atoms with Crippen LogP contribution in [0.4, 0.5) is 28.8 Å². The predicted octanol–water partition coefficient (Wildman–Crippen LogP) is 5.14. The van der Waals surface area contributed by atoms with E-state index in [-0.39, 0.29) is 0 Å². The number of nitrogens with zero attached hydrogens (tertiary/aromatic N) is 4. The quantitative estimate of drug-likeness (QED) is 0.631. The number of hydrogen-bond donors (Lipinski definition) is 1. The number of hydrogen-bond acceptors (Lipinski definition) is 5. The van der Waals surface area contributed by atoms with E-state index in [1.165, 1.54) is 11.3 Å². The maximum absolute atomic E-state index is 4.67. The van der Waals surface area contributed by atoms with Crippen LogP contribution in [0, 0.1) is 6.92 Å². The number of nitrogens with one attached hydrogen (secondary N) is 1. The first-order valence-corrected chi connectivity index (χ1v) is 9.36. The van der Waals surface area contributed by atoms with Crippen LogP contribution in [0.25, 0.3) is 0 Å². The van der Waals surface area contributed by atoms with Gasteiger partial charge in [0.15, 0.2) is 0 Å². The smallest absolute Gasteiger partial charge is 0.229 e. The van der Waals surface area contributed by atoms with Crippen molar-refractivity contribution in [2.75, 3.05) is 35.3 Å². The summed E-state index contributed by atoms with van der Waals surface area (Å²) in [5, 5.41) is 3.35. The summed E-state index contributed by atoms with van der Waals surface area (Å²) in [6.07, 6.45) is 1.78. The minimum atomic E-state index is 0.592. The van der Waals surface area contributed by atoms with Gasteiger partial charge in [0.05, 0.1) is 0 Å². The third-order valence-electron chi connectivity index (χ3n) is 4.71. The average Bonchev–Trinajstić information content (AvgIpc) is 2.71. The van der Waals surface area contributed by atoms with E-state index in [0.29, 0.717) is 5.95 Å². The van der Waals surface area contributed by atoms with Crippen LogP contribution in [-0.4, -0.2) is 30.1 Å². The van der Waals surface area contributed by atoms with Crippen molar-refractivity contribution < 1.29 is 0 Å². The second-order valence-corrected chi connectivity index (χ2v) is 6.43. The molecule has 1 N–H and O–H groups in total. The summed E-state index contributed by atoms with van der Waals surface area (Å²) in [6, 6.07) is 18.5. The van der Waals surface area contributed by atoms with E-state index in [1.807, 2.05) is 36.2 Å². The molecular weight excluding hydrogens is 334 g/mol. The maximum Gasteiger partial charge on any atom is 0.229 e. The Balaban J connectivity index is 1.80. The molecule has 0 saturated carbocycles. The highest BCUT2D eigenvalue weighted by Gasteiger charge is 2.09. The third-order valence-corrected chi connectivity index (χ3v) is 4.71. The highest BCUT2D eigenvalue weighted by molar-refractivity contribution is 5.65. The van der Waals surface area contributed by atoms with Gasteiger partial charge in [0, 0.05) is 43.4 Å². The van der Waals surface area contributed by atoms with Crippen LogP contribution >= 0.6 is 0 Å². The molecule has 0 radical (unpaired) electrons. The second-order valence-electron chi connectivity index (χ2n) is 6.43. The summed E-state index contributed by atoms with van der Waals surface area (Å²) in [7, 11) is 2.01. The van der Waals surface area contributed by atoms with Gasteiger partial charge < -0.3 is 15.1 Å². The Bertz CT molecular complexity index is 875. The number of anilines is 5. The van der Waals surface area contributed by atoms with E-state index in [1.54, 1.807) is 6.20 Å². The van der Waals surface area contributed by atoms with E-state index in [4.69, 9.17) is 0 Å². The molecule has 0 aliphatic carbocycles. The van der Waals surface area contributed by atoms with Crippen molar-refractivity contribution in [3.05, 3.63) is 66.4 Å². The minimum Gasteiger partial charge on any atom is -0.372 e. The molecule has 0 saturated heterocycles. The van der Waals surface area contributed by atoms with Crippen LogP contribution in [0.3, 0.4) is 0 Å². The van der Waals surface area contributed by atoms with Crippen LogP contribution < -0.4 is 15.1 Å². The summed E-state index contributed by atoms with van der Waals surface area (Å²) < 4.78 is 0. The van der Waals surface area contributed by atoms with Gasteiger partial charge in [-0.2, -0.15) is 4.98 Å². The molecular formula is C22H27N5. The van der Waals surface area contributed by atoms with Crippen LogP contribution in [0.2, 0.25) is 0 Å². The zero-order chi connectivity index (χ0) is 19.2. The topological polar surface area (TPSA) is 44.3 Å². The highest BCUT2D eigenvalue weighted by Crippen LogP contribution is 2.26. The zero-order valence-corrected chi connectivity index (χ0v) is 16.5. The van der Waals surface area contributed by atoms with Crippen molar-refractivity contribution in [1.29, 1.82) is 0 Å². The molecule has 3 aromatic rings. The summed E-state index contributed by atoms with van der Waals surface area (Å²) in [5.41, 5.74) is 4.51. The van der Waals surface area contributed by atoms with Crippen molar-refractivity contribution in [2.45, 2.75) is 20.8 Å². The van der Waals surface area contributed by atoms with E-state index < -0.39 is 0 Å². The van der Waals surface area contributed by atoms with Gasteiger partial charge in [0.25, 0.3) is 0 Å². The Morgan fingerprint density at radius 3 is 2.33 bits per heavy atom. The van der Waals surface area contributed by atoms with Crippen molar-refractivity contribution >= 4 is 28.8 Å². The lowest BCUT2D eigenvalue weighted by atomic mass is 10.1. The van der Waals surface area contributed by atoms with Gasteiger partial charge in [-0.15, -0.1) is 0 Å². The number of para-hydroxylation sites is 1. The Morgan fingerprint density at radius 1 is 0.926 bits per heavy atom. The van der Waals surface area contributed by atoms with Crippen molar-refractivity contribution in [3.8, 4) is 0 Å². The predicted molar refractivity (Wildman–Crippen MR) is 115 cm³/mol. The summed E-state index contributed by atoms with van der Waals surface area (Å²) in [4.78, 5) is 13.4. The van der Waals surface area contributed by atoms with E-state index >= 15 is 0 Å². The molecule has 3 rings (SSSR count). The SMILES string of the molecule is CCN(CC)c1ccc(Nc2nccc(N(C)c3ccccc3)n2)c(C)c1. The Labute approximate surface area is 161 Å². The van der Waals surface area contributed by atoms with Gasteiger partial charge in [0.2, 0.25) is 5.95 Å². The highest BCUT2D eigenvalue weighted by atomic mass is 15.2. The van der Waals surface area contributed by atoms with E-state index in [2.05, 4.69) is 71.3 Å².